The van der Waals surface area contributed by atoms with Crippen LogP contribution in [0.1, 0.15) is 38.8 Å². The number of rotatable bonds is 6. The molecule has 1 atom stereocenters. The number of imide groups is 1. The molecule has 1 aliphatic heterocycles. The molecule has 1 heterocycles. The lowest BCUT2D eigenvalue weighted by Crippen LogP contribution is -2.38. The number of methoxy groups -OCH3 is 2. The molecule has 0 aromatic heterocycles. The molecule has 1 fully saturated rings. The van der Waals surface area contributed by atoms with Gasteiger partial charge in [-0.1, -0.05) is 13.0 Å². The third kappa shape index (κ3) is 3.11. The number of hydrogen-bond acceptors (Lipinski definition) is 4. The lowest BCUT2D eigenvalue weighted by molar-refractivity contribution is -0.127. The second-order valence-electron chi connectivity index (χ2n) is 5.81. The highest BCUT2D eigenvalue weighted by atomic mass is 16.5. The van der Waals surface area contributed by atoms with Gasteiger partial charge in [0.25, 0.3) is 5.91 Å². The van der Waals surface area contributed by atoms with E-state index in [9.17, 15) is 9.59 Å². The van der Waals surface area contributed by atoms with Crippen molar-refractivity contribution in [3.63, 3.8) is 0 Å². The molecule has 2 rings (SSSR count). The fraction of sp³-hybridized carbons (Fsp3) is 0.529. The number of amides is 3. The van der Waals surface area contributed by atoms with E-state index >= 15 is 0 Å². The first-order valence-corrected chi connectivity index (χ1v) is 7.79. The summed E-state index contributed by atoms with van der Waals surface area (Å²) >= 11 is 0. The Morgan fingerprint density at radius 2 is 1.78 bits per heavy atom. The third-order valence-corrected chi connectivity index (χ3v) is 4.14. The van der Waals surface area contributed by atoms with Crippen molar-refractivity contribution >= 4 is 11.9 Å². The molecule has 0 aliphatic carbocycles. The highest BCUT2D eigenvalue weighted by Crippen LogP contribution is 2.35. The van der Waals surface area contributed by atoms with E-state index in [1.807, 2.05) is 32.9 Å². The molecule has 0 spiro atoms. The van der Waals surface area contributed by atoms with Crippen LogP contribution in [0.4, 0.5) is 4.79 Å². The molecule has 6 nitrogen and oxygen atoms in total. The molecule has 6 heteroatoms. The van der Waals surface area contributed by atoms with Crippen LogP contribution in [-0.2, 0) is 4.79 Å². The molecule has 1 saturated heterocycles. The van der Waals surface area contributed by atoms with Gasteiger partial charge in [-0.05, 0) is 38.0 Å². The summed E-state index contributed by atoms with van der Waals surface area (Å²) in [6, 6.07) is 4.95. The number of nitrogens with zero attached hydrogens (tertiary/aromatic N) is 2. The van der Waals surface area contributed by atoms with Crippen LogP contribution < -0.4 is 9.47 Å². The third-order valence-electron chi connectivity index (χ3n) is 4.14. The van der Waals surface area contributed by atoms with E-state index in [0.29, 0.717) is 17.9 Å². The fourth-order valence-electron chi connectivity index (χ4n) is 2.87. The average molecular weight is 320 g/mol. The first-order chi connectivity index (χ1) is 10.9. The van der Waals surface area contributed by atoms with E-state index in [4.69, 9.17) is 9.47 Å². The Bertz CT molecular complexity index is 600. The number of urea groups is 1. The molecule has 0 unspecified atom stereocenters. The van der Waals surface area contributed by atoms with Gasteiger partial charge in [0.15, 0.2) is 11.5 Å². The summed E-state index contributed by atoms with van der Waals surface area (Å²) in [5.74, 6) is 1.04. The highest BCUT2D eigenvalue weighted by molar-refractivity contribution is 6.02. The van der Waals surface area contributed by atoms with Gasteiger partial charge in [0.05, 0.1) is 20.3 Å². The van der Waals surface area contributed by atoms with Crippen LogP contribution in [0.15, 0.2) is 18.2 Å². The van der Waals surface area contributed by atoms with Crippen LogP contribution in [0.2, 0.25) is 0 Å². The molecule has 1 aromatic carbocycles. The first kappa shape index (κ1) is 17.1. The fourth-order valence-corrected chi connectivity index (χ4v) is 2.87. The second-order valence-corrected chi connectivity index (χ2v) is 5.81. The van der Waals surface area contributed by atoms with E-state index < -0.39 is 0 Å². The molecule has 3 amide bonds. The van der Waals surface area contributed by atoms with Gasteiger partial charge in [-0.15, -0.1) is 0 Å². The Morgan fingerprint density at radius 1 is 1.13 bits per heavy atom. The summed E-state index contributed by atoms with van der Waals surface area (Å²) < 4.78 is 10.6. The number of hydrogen-bond donors (Lipinski definition) is 0. The standard InChI is InChI=1S/C17H24N2O4/c1-6-13(12-7-8-14(22-4)15(9-12)23-5)19-16(20)10-18(11(2)3)17(19)21/h7-9,11,13H,6,10H2,1-5H3/t13-/m1/s1. The Hall–Kier alpha value is -2.24. The largest absolute Gasteiger partial charge is 0.493 e. The maximum Gasteiger partial charge on any atom is 0.328 e. The maximum absolute atomic E-state index is 12.6. The van der Waals surface area contributed by atoms with Crippen molar-refractivity contribution in [1.29, 1.82) is 0 Å². The molecular weight excluding hydrogens is 296 g/mol. The summed E-state index contributed by atoms with van der Waals surface area (Å²) in [6.07, 6.45) is 0.638. The van der Waals surface area contributed by atoms with Crippen molar-refractivity contribution in [3.8, 4) is 11.5 Å². The van der Waals surface area contributed by atoms with Crippen molar-refractivity contribution in [2.45, 2.75) is 39.3 Å². The van der Waals surface area contributed by atoms with E-state index in [2.05, 4.69) is 0 Å². The van der Waals surface area contributed by atoms with Crippen LogP contribution in [-0.4, -0.2) is 48.5 Å². The summed E-state index contributed by atoms with van der Waals surface area (Å²) in [6.45, 7) is 5.92. The molecule has 23 heavy (non-hydrogen) atoms. The lowest BCUT2D eigenvalue weighted by atomic mass is 10.0. The average Bonchev–Trinajstić information content (AvgIpc) is 2.84. The molecule has 1 aliphatic rings. The van der Waals surface area contributed by atoms with Crippen molar-refractivity contribution in [3.05, 3.63) is 23.8 Å². The Balaban J connectivity index is 2.36. The molecule has 0 N–H and O–H groups in total. The second kappa shape index (κ2) is 6.89. The zero-order valence-electron chi connectivity index (χ0n) is 14.3. The van der Waals surface area contributed by atoms with Crippen LogP contribution in [0.5, 0.6) is 11.5 Å². The summed E-state index contributed by atoms with van der Waals surface area (Å²) in [7, 11) is 3.14. The minimum Gasteiger partial charge on any atom is -0.493 e. The van der Waals surface area contributed by atoms with Crippen LogP contribution in [0.25, 0.3) is 0 Å². The minimum absolute atomic E-state index is 0.000593. The monoisotopic (exact) mass is 320 g/mol. The quantitative estimate of drug-likeness (QED) is 0.756. The predicted molar refractivity (Wildman–Crippen MR) is 86.7 cm³/mol. The minimum atomic E-state index is -0.307. The van der Waals surface area contributed by atoms with Gasteiger partial charge in [-0.25, -0.2) is 4.79 Å². The van der Waals surface area contributed by atoms with Crippen LogP contribution >= 0.6 is 0 Å². The van der Waals surface area contributed by atoms with E-state index in [1.54, 1.807) is 25.2 Å². The first-order valence-electron chi connectivity index (χ1n) is 7.79. The number of benzene rings is 1. The van der Waals surface area contributed by atoms with Gasteiger partial charge in [0, 0.05) is 6.04 Å². The zero-order chi connectivity index (χ0) is 17.1. The normalized spacial score (nSPS) is 16.3. The van der Waals surface area contributed by atoms with Crippen molar-refractivity contribution in [1.82, 2.24) is 9.80 Å². The predicted octanol–water partition coefficient (Wildman–Crippen LogP) is 2.83. The van der Waals surface area contributed by atoms with Gasteiger partial charge in [0.1, 0.15) is 6.54 Å². The number of carbonyl (C=O) groups excluding carboxylic acids is 2. The summed E-state index contributed by atoms with van der Waals surface area (Å²) in [5, 5.41) is 0. The summed E-state index contributed by atoms with van der Waals surface area (Å²) in [5.41, 5.74) is 0.859. The van der Waals surface area contributed by atoms with E-state index in [-0.39, 0.29) is 30.6 Å². The Labute approximate surface area is 137 Å². The SMILES string of the molecule is CC[C@H](c1ccc(OC)c(OC)c1)N1C(=O)CN(C(C)C)C1=O. The van der Waals surface area contributed by atoms with Crippen molar-refractivity contribution in [2.75, 3.05) is 20.8 Å². The molecule has 0 radical (unpaired) electrons. The topological polar surface area (TPSA) is 59.1 Å². The summed E-state index contributed by atoms with van der Waals surface area (Å²) in [4.78, 5) is 27.9. The van der Waals surface area contributed by atoms with Crippen molar-refractivity contribution < 1.29 is 19.1 Å². The lowest BCUT2D eigenvalue weighted by Gasteiger charge is -2.27. The zero-order valence-corrected chi connectivity index (χ0v) is 14.3. The highest BCUT2D eigenvalue weighted by Gasteiger charge is 2.41. The number of carbonyl (C=O) groups is 2. The van der Waals surface area contributed by atoms with Gasteiger partial charge >= 0.3 is 6.03 Å². The Kier molecular flexibility index (Phi) is 5.13. The van der Waals surface area contributed by atoms with Crippen LogP contribution in [0, 0.1) is 0 Å². The van der Waals surface area contributed by atoms with Crippen LogP contribution in [0.3, 0.4) is 0 Å². The molecule has 126 valence electrons. The van der Waals surface area contributed by atoms with Crippen molar-refractivity contribution in [2.24, 2.45) is 0 Å². The Morgan fingerprint density at radius 3 is 2.26 bits per heavy atom. The molecule has 0 saturated carbocycles. The maximum atomic E-state index is 12.6. The van der Waals surface area contributed by atoms with Gasteiger partial charge < -0.3 is 14.4 Å². The molecular formula is C17H24N2O4. The van der Waals surface area contributed by atoms with E-state index in [0.717, 1.165) is 5.56 Å². The smallest absolute Gasteiger partial charge is 0.328 e. The van der Waals surface area contributed by atoms with E-state index in [1.165, 1.54) is 4.90 Å². The van der Waals surface area contributed by atoms with Gasteiger partial charge in [-0.3, -0.25) is 9.69 Å². The molecule has 1 aromatic rings. The van der Waals surface area contributed by atoms with Gasteiger partial charge in [-0.2, -0.15) is 0 Å². The molecule has 0 bridgehead atoms. The number of ether oxygens (including phenoxy) is 2. The van der Waals surface area contributed by atoms with Gasteiger partial charge in [0.2, 0.25) is 0 Å².